The molecule has 1 aliphatic heterocycles. The zero-order valence-electron chi connectivity index (χ0n) is 11.9. The number of halogens is 2. The molecule has 1 heterocycles. The van der Waals surface area contributed by atoms with Crippen molar-refractivity contribution in [2.45, 2.75) is 36.3 Å². The van der Waals surface area contributed by atoms with Gasteiger partial charge in [0.25, 0.3) is 0 Å². The first kappa shape index (κ1) is 16.7. The molecule has 0 spiro atoms. The van der Waals surface area contributed by atoms with Crippen LogP contribution in [-0.4, -0.2) is 35.1 Å². The van der Waals surface area contributed by atoms with Gasteiger partial charge in [0.2, 0.25) is 0 Å². The van der Waals surface area contributed by atoms with Crippen LogP contribution in [0.25, 0.3) is 0 Å². The van der Waals surface area contributed by atoms with Crippen molar-refractivity contribution in [2.24, 2.45) is 0 Å². The topological polar surface area (TPSA) is 12.0 Å². The summed E-state index contributed by atoms with van der Waals surface area (Å²) in [4.78, 5) is 0. The maximum Gasteiger partial charge on any atom is 0.137 e. The fourth-order valence-corrected chi connectivity index (χ4v) is 6.34. The third-order valence-electron chi connectivity index (χ3n) is 3.70. The average molecular weight is 378 g/mol. The molecule has 3 unspecified atom stereocenters. The molecule has 1 aromatic rings. The molecule has 3 atom stereocenters. The first-order valence-electron chi connectivity index (χ1n) is 7.00. The number of likely N-dealkylation sites (N-methyl/N-ethyl adjacent to an activating group) is 1. The number of hydrogen-bond donors (Lipinski definition) is 1. The molecule has 1 fully saturated rings. The summed E-state index contributed by atoms with van der Waals surface area (Å²) < 4.78 is 13.9. The van der Waals surface area contributed by atoms with E-state index in [2.05, 4.69) is 51.7 Å². The van der Waals surface area contributed by atoms with E-state index in [9.17, 15) is 4.39 Å². The summed E-state index contributed by atoms with van der Waals surface area (Å²) >= 11 is 7.46. The van der Waals surface area contributed by atoms with Crippen LogP contribution in [0.3, 0.4) is 0 Å². The van der Waals surface area contributed by atoms with E-state index in [1.807, 2.05) is 19.2 Å². The van der Waals surface area contributed by atoms with Gasteiger partial charge in [0.05, 0.1) is 4.47 Å². The van der Waals surface area contributed by atoms with Gasteiger partial charge >= 0.3 is 0 Å². The van der Waals surface area contributed by atoms with Gasteiger partial charge in [-0.1, -0.05) is 13.0 Å². The maximum atomic E-state index is 13.3. The summed E-state index contributed by atoms with van der Waals surface area (Å²) in [6, 6.07) is 5.79. The Morgan fingerprint density at radius 2 is 2.15 bits per heavy atom. The predicted octanol–water partition coefficient (Wildman–Crippen LogP) is 4.35. The average Bonchev–Trinajstić information content (AvgIpc) is 2.48. The second-order valence-corrected chi connectivity index (χ2v) is 8.49. The van der Waals surface area contributed by atoms with E-state index < -0.39 is 0 Å². The second kappa shape index (κ2) is 8.06. The van der Waals surface area contributed by atoms with Gasteiger partial charge in [-0.3, -0.25) is 0 Å². The molecule has 1 aromatic carbocycles. The fraction of sp³-hybridized carbons (Fsp3) is 0.600. The molecule has 0 aromatic heterocycles. The standard InChI is InChI=1S/C15H21BrFNS2/c1-3-14-15(20-7-6-19-14)13(18-2)9-10-4-5-12(17)11(16)8-10/h4-5,8,13-15,18H,3,6-7,9H2,1-2H3. The highest BCUT2D eigenvalue weighted by Gasteiger charge is 2.31. The third kappa shape index (κ3) is 4.15. The number of hydrogen-bond acceptors (Lipinski definition) is 3. The Hall–Kier alpha value is 0.290. The van der Waals surface area contributed by atoms with E-state index in [0.29, 0.717) is 15.8 Å². The lowest BCUT2D eigenvalue weighted by Crippen LogP contribution is -2.44. The molecule has 0 bridgehead atoms. The Morgan fingerprint density at radius 3 is 2.80 bits per heavy atom. The van der Waals surface area contributed by atoms with Crippen molar-refractivity contribution in [2.75, 3.05) is 18.6 Å². The molecule has 1 N–H and O–H groups in total. The Bertz CT molecular complexity index is 444. The first-order valence-corrected chi connectivity index (χ1v) is 9.89. The van der Waals surface area contributed by atoms with Crippen molar-refractivity contribution < 1.29 is 4.39 Å². The molecule has 5 heteroatoms. The van der Waals surface area contributed by atoms with Gasteiger partial charge in [-0.05, 0) is 53.5 Å². The molecule has 0 aliphatic carbocycles. The van der Waals surface area contributed by atoms with Gasteiger partial charge in [-0.25, -0.2) is 4.39 Å². The second-order valence-electron chi connectivity index (χ2n) is 5.00. The van der Waals surface area contributed by atoms with Crippen LogP contribution in [0.1, 0.15) is 18.9 Å². The van der Waals surface area contributed by atoms with Gasteiger partial charge in [0.1, 0.15) is 5.82 Å². The Labute approximate surface area is 138 Å². The zero-order valence-corrected chi connectivity index (χ0v) is 15.1. The van der Waals surface area contributed by atoms with Crippen LogP contribution in [0.2, 0.25) is 0 Å². The number of nitrogens with one attached hydrogen (secondary N) is 1. The summed E-state index contributed by atoms with van der Waals surface area (Å²) in [6.07, 6.45) is 2.16. The minimum absolute atomic E-state index is 0.191. The van der Waals surface area contributed by atoms with Gasteiger partial charge in [-0.2, -0.15) is 23.5 Å². The largest absolute Gasteiger partial charge is 0.316 e. The number of thioether (sulfide) groups is 2. The van der Waals surface area contributed by atoms with Crippen molar-refractivity contribution in [3.63, 3.8) is 0 Å². The molecule has 1 saturated heterocycles. The third-order valence-corrected chi connectivity index (χ3v) is 7.72. The molecule has 0 amide bonds. The van der Waals surface area contributed by atoms with Crippen molar-refractivity contribution in [3.8, 4) is 0 Å². The summed E-state index contributed by atoms with van der Waals surface area (Å²) in [7, 11) is 2.04. The highest BCUT2D eigenvalue weighted by molar-refractivity contribution is 9.10. The summed E-state index contributed by atoms with van der Waals surface area (Å²) in [5.41, 5.74) is 1.18. The minimum atomic E-state index is -0.191. The maximum absolute atomic E-state index is 13.3. The van der Waals surface area contributed by atoms with Gasteiger partial charge in [0.15, 0.2) is 0 Å². The molecule has 0 saturated carbocycles. The Balaban J connectivity index is 2.09. The highest BCUT2D eigenvalue weighted by atomic mass is 79.9. The van der Waals surface area contributed by atoms with E-state index in [1.165, 1.54) is 23.5 Å². The van der Waals surface area contributed by atoms with E-state index in [0.717, 1.165) is 11.7 Å². The smallest absolute Gasteiger partial charge is 0.137 e. The van der Waals surface area contributed by atoms with Gasteiger partial charge in [-0.15, -0.1) is 0 Å². The van der Waals surface area contributed by atoms with Crippen LogP contribution in [0.5, 0.6) is 0 Å². The quantitative estimate of drug-likeness (QED) is 0.818. The van der Waals surface area contributed by atoms with Crippen LogP contribution in [-0.2, 0) is 6.42 Å². The van der Waals surface area contributed by atoms with E-state index in [-0.39, 0.29) is 5.82 Å². The fourth-order valence-electron chi connectivity index (χ4n) is 2.61. The van der Waals surface area contributed by atoms with Crippen LogP contribution in [0.15, 0.2) is 22.7 Å². The van der Waals surface area contributed by atoms with Crippen molar-refractivity contribution in [3.05, 3.63) is 34.1 Å². The molecule has 0 radical (unpaired) electrons. The van der Waals surface area contributed by atoms with Crippen LogP contribution in [0, 0.1) is 5.82 Å². The number of rotatable bonds is 5. The predicted molar refractivity (Wildman–Crippen MR) is 93.4 cm³/mol. The van der Waals surface area contributed by atoms with Crippen molar-refractivity contribution in [1.82, 2.24) is 5.32 Å². The lowest BCUT2D eigenvalue weighted by atomic mass is 10.0. The Kier molecular flexibility index (Phi) is 6.72. The van der Waals surface area contributed by atoms with Crippen LogP contribution in [0.4, 0.5) is 4.39 Å². The van der Waals surface area contributed by atoms with E-state index in [1.54, 1.807) is 6.07 Å². The Morgan fingerprint density at radius 1 is 1.40 bits per heavy atom. The molecule has 1 nitrogen and oxygen atoms in total. The summed E-state index contributed by atoms with van der Waals surface area (Å²) in [6.45, 7) is 2.28. The zero-order chi connectivity index (χ0) is 14.5. The van der Waals surface area contributed by atoms with E-state index >= 15 is 0 Å². The molecule has 1 aliphatic rings. The minimum Gasteiger partial charge on any atom is -0.316 e. The lowest BCUT2D eigenvalue weighted by Gasteiger charge is -2.36. The summed E-state index contributed by atoms with van der Waals surface area (Å²) in [5, 5.41) is 4.83. The molecular weight excluding hydrogens is 357 g/mol. The van der Waals surface area contributed by atoms with Gasteiger partial charge < -0.3 is 5.32 Å². The molecular formula is C15H21BrFNS2. The van der Waals surface area contributed by atoms with Gasteiger partial charge in [0, 0.05) is 28.0 Å². The summed E-state index contributed by atoms with van der Waals surface area (Å²) in [5.74, 6) is 2.30. The monoisotopic (exact) mass is 377 g/mol. The lowest BCUT2D eigenvalue weighted by molar-refractivity contribution is 0.516. The van der Waals surface area contributed by atoms with Crippen LogP contribution < -0.4 is 5.32 Å². The number of benzene rings is 1. The molecule has 20 heavy (non-hydrogen) atoms. The molecule has 2 rings (SSSR count). The molecule has 112 valence electrons. The SMILES string of the molecule is CCC1SCCSC1C(Cc1ccc(F)c(Br)c1)NC. The normalized spacial score (nSPS) is 24.6. The van der Waals surface area contributed by atoms with E-state index in [4.69, 9.17) is 0 Å². The van der Waals surface area contributed by atoms with Crippen molar-refractivity contribution in [1.29, 1.82) is 0 Å². The van der Waals surface area contributed by atoms with Crippen LogP contribution >= 0.6 is 39.5 Å². The first-order chi connectivity index (χ1) is 9.65. The highest BCUT2D eigenvalue weighted by Crippen LogP contribution is 2.36. The van der Waals surface area contributed by atoms with Crippen molar-refractivity contribution >= 4 is 39.5 Å².